The maximum absolute atomic E-state index is 11.0. The molecule has 1 aromatic heterocycles. The van der Waals surface area contributed by atoms with E-state index in [0.29, 0.717) is 17.3 Å². The largest absolute Gasteiger partial charge is 0.502 e. The van der Waals surface area contributed by atoms with Crippen LogP contribution < -0.4 is 0 Å². The molecule has 0 aliphatic rings. The van der Waals surface area contributed by atoms with E-state index in [1.165, 1.54) is 0 Å². The molecule has 0 saturated heterocycles. The van der Waals surface area contributed by atoms with Gasteiger partial charge in [-0.05, 0) is 12.1 Å². The first-order chi connectivity index (χ1) is 12.0. The van der Waals surface area contributed by atoms with Crippen molar-refractivity contribution in [2.24, 2.45) is 4.99 Å². The molecule has 0 amide bonds. The fourth-order valence-corrected chi connectivity index (χ4v) is 2.30. The lowest BCUT2D eigenvalue weighted by Gasteiger charge is -2.02. The van der Waals surface area contributed by atoms with Gasteiger partial charge in [0.05, 0.1) is 27.1 Å². The maximum Gasteiger partial charge on any atom is 0.318 e. The van der Waals surface area contributed by atoms with E-state index in [1.54, 1.807) is 24.4 Å². The molecular weight excluding hydrogens is 328 g/mol. The third-order valence-electron chi connectivity index (χ3n) is 3.47. The van der Waals surface area contributed by atoms with Crippen LogP contribution in [0.5, 0.6) is 5.75 Å². The highest BCUT2D eigenvalue weighted by Crippen LogP contribution is 2.34. The Balaban J connectivity index is 2.12. The SMILES string of the molecule is O=[N+]([O-])c1cc(C=Nc2cccc3cccnc23)c(O)c([N+](=O)[O-])c1. The molecule has 25 heavy (non-hydrogen) atoms. The van der Waals surface area contributed by atoms with Gasteiger partial charge in [0.1, 0.15) is 0 Å². The van der Waals surface area contributed by atoms with Crippen LogP contribution in [0.2, 0.25) is 0 Å². The van der Waals surface area contributed by atoms with Gasteiger partial charge in [0.25, 0.3) is 5.69 Å². The monoisotopic (exact) mass is 338 g/mol. The number of fused-ring (bicyclic) bond motifs is 1. The van der Waals surface area contributed by atoms with E-state index in [0.717, 1.165) is 17.7 Å². The second-order valence-corrected chi connectivity index (χ2v) is 5.03. The Kier molecular flexibility index (Phi) is 4.04. The quantitative estimate of drug-likeness (QED) is 0.440. The van der Waals surface area contributed by atoms with Crippen LogP contribution in [0.3, 0.4) is 0 Å². The molecule has 0 unspecified atom stereocenters. The summed E-state index contributed by atoms with van der Waals surface area (Å²) < 4.78 is 0. The van der Waals surface area contributed by atoms with E-state index < -0.39 is 27.0 Å². The number of phenolic OH excluding ortho intramolecular Hbond substituents is 1. The number of hydrogen-bond acceptors (Lipinski definition) is 7. The third kappa shape index (κ3) is 3.11. The average Bonchev–Trinajstić information content (AvgIpc) is 2.60. The lowest BCUT2D eigenvalue weighted by atomic mass is 10.1. The number of rotatable bonds is 4. The molecule has 3 aromatic rings. The van der Waals surface area contributed by atoms with Crippen LogP contribution in [0.1, 0.15) is 5.56 Å². The van der Waals surface area contributed by atoms with E-state index >= 15 is 0 Å². The highest BCUT2D eigenvalue weighted by atomic mass is 16.6. The topological polar surface area (TPSA) is 132 Å². The van der Waals surface area contributed by atoms with Crippen LogP contribution in [0.25, 0.3) is 10.9 Å². The molecule has 3 rings (SSSR count). The zero-order valence-electron chi connectivity index (χ0n) is 12.6. The van der Waals surface area contributed by atoms with Gasteiger partial charge in [-0.15, -0.1) is 0 Å². The lowest BCUT2D eigenvalue weighted by molar-refractivity contribution is -0.394. The van der Waals surface area contributed by atoms with E-state index in [-0.39, 0.29) is 5.56 Å². The number of benzene rings is 2. The zero-order chi connectivity index (χ0) is 18.0. The number of pyridine rings is 1. The van der Waals surface area contributed by atoms with Crippen molar-refractivity contribution in [1.82, 2.24) is 4.98 Å². The Morgan fingerprint density at radius 2 is 1.84 bits per heavy atom. The number of aromatic nitrogens is 1. The molecular formula is C16H10N4O5. The van der Waals surface area contributed by atoms with Crippen molar-refractivity contribution in [3.8, 4) is 5.75 Å². The number of aromatic hydroxyl groups is 1. The van der Waals surface area contributed by atoms with Crippen LogP contribution in [0, 0.1) is 20.2 Å². The number of nitrogens with zero attached hydrogens (tertiary/aromatic N) is 4. The predicted octanol–water partition coefficient (Wildman–Crippen LogP) is 3.51. The highest BCUT2D eigenvalue weighted by molar-refractivity contribution is 5.94. The number of aliphatic imine (C=N–C) groups is 1. The summed E-state index contributed by atoms with van der Waals surface area (Å²) in [5.41, 5.74) is -0.338. The Bertz CT molecular complexity index is 1030. The Hall–Kier alpha value is -3.88. The van der Waals surface area contributed by atoms with Crippen molar-refractivity contribution in [3.63, 3.8) is 0 Å². The molecule has 0 spiro atoms. The minimum absolute atomic E-state index is 0.131. The minimum atomic E-state index is -0.890. The number of non-ortho nitro benzene ring substituents is 1. The van der Waals surface area contributed by atoms with Gasteiger partial charge in [-0.3, -0.25) is 30.2 Å². The number of nitro groups is 2. The zero-order valence-corrected chi connectivity index (χ0v) is 12.6. The first-order valence-corrected chi connectivity index (χ1v) is 7.01. The van der Waals surface area contributed by atoms with E-state index in [9.17, 15) is 25.3 Å². The predicted molar refractivity (Wildman–Crippen MR) is 90.4 cm³/mol. The van der Waals surface area contributed by atoms with Crippen molar-refractivity contribution >= 4 is 34.2 Å². The molecule has 0 fully saturated rings. The standard InChI is InChI=1S/C16H10N4O5/c21-16-11(7-12(19(22)23)8-14(16)20(24)25)9-18-13-5-1-3-10-4-2-6-17-15(10)13/h1-9,21H. The van der Waals surface area contributed by atoms with Crippen LogP contribution in [0.15, 0.2) is 53.7 Å². The normalized spacial score (nSPS) is 11.0. The third-order valence-corrected chi connectivity index (χ3v) is 3.47. The van der Waals surface area contributed by atoms with Crippen LogP contribution in [-0.4, -0.2) is 26.2 Å². The van der Waals surface area contributed by atoms with E-state index in [2.05, 4.69) is 9.98 Å². The fourth-order valence-electron chi connectivity index (χ4n) is 2.30. The summed E-state index contributed by atoms with van der Waals surface area (Å²) in [4.78, 5) is 28.6. The van der Waals surface area contributed by atoms with Crippen LogP contribution in [-0.2, 0) is 0 Å². The van der Waals surface area contributed by atoms with Crippen molar-refractivity contribution in [2.75, 3.05) is 0 Å². The molecule has 2 aromatic carbocycles. The molecule has 0 aliphatic heterocycles. The Morgan fingerprint density at radius 3 is 2.56 bits per heavy atom. The summed E-state index contributed by atoms with van der Waals surface area (Å²) in [6.45, 7) is 0. The minimum Gasteiger partial charge on any atom is -0.502 e. The van der Waals surface area contributed by atoms with Gasteiger partial charge in [0, 0.05) is 29.4 Å². The van der Waals surface area contributed by atoms with E-state index in [1.807, 2.05) is 12.1 Å². The average molecular weight is 338 g/mol. The van der Waals surface area contributed by atoms with Gasteiger partial charge in [0.15, 0.2) is 0 Å². The van der Waals surface area contributed by atoms with Crippen LogP contribution >= 0.6 is 0 Å². The van der Waals surface area contributed by atoms with Gasteiger partial charge in [-0.2, -0.15) is 0 Å². The number of para-hydroxylation sites is 1. The lowest BCUT2D eigenvalue weighted by Crippen LogP contribution is -1.96. The second kappa shape index (κ2) is 6.32. The maximum atomic E-state index is 11.0. The number of hydrogen-bond donors (Lipinski definition) is 1. The first kappa shape index (κ1) is 16.0. The summed E-state index contributed by atoms with van der Waals surface area (Å²) in [6.07, 6.45) is 2.73. The van der Waals surface area contributed by atoms with E-state index in [4.69, 9.17) is 0 Å². The van der Waals surface area contributed by atoms with Crippen molar-refractivity contribution in [2.45, 2.75) is 0 Å². The van der Waals surface area contributed by atoms with Crippen LogP contribution in [0.4, 0.5) is 17.1 Å². The second-order valence-electron chi connectivity index (χ2n) is 5.03. The Labute approximate surface area is 140 Å². The van der Waals surface area contributed by atoms with Gasteiger partial charge in [0.2, 0.25) is 5.75 Å². The molecule has 124 valence electrons. The molecule has 1 heterocycles. The molecule has 9 nitrogen and oxygen atoms in total. The highest BCUT2D eigenvalue weighted by Gasteiger charge is 2.23. The van der Waals surface area contributed by atoms with Crippen molar-refractivity contribution in [1.29, 1.82) is 0 Å². The van der Waals surface area contributed by atoms with Crippen molar-refractivity contribution in [3.05, 3.63) is 74.5 Å². The molecule has 0 saturated carbocycles. The summed E-state index contributed by atoms with van der Waals surface area (Å²) in [7, 11) is 0. The molecule has 1 N–H and O–H groups in total. The number of phenols is 1. The van der Waals surface area contributed by atoms with Gasteiger partial charge in [-0.25, -0.2) is 0 Å². The molecule has 0 radical (unpaired) electrons. The van der Waals surface area contributed by atoms with Gasteiger partial charge >= 0.3 is 5.69 Å². The first-order valence-electron chi connectivity index (χ1n) is 7.01. The molecule has 0 atom stereocenters. The van der Waals surface area contributed by atoms with Gasteiger partial charge < -0.3 is 5.11 Å². The summed E-state index contributed by atoms with van der Waals surface area (Å²) in [5.74, 6) is -0.687. The van der Waals surface area contributed by atoms with Crippen molar-refractivity contribution < 1.29 is 15.0 Å². The smallest absolute Gasteiger partial charge is 0.318 e. The van der Waals surface area contributed by atoms with Gasteiger partial charge in [-0.1, -0.05) is 18.2 Å². The summed E-state index contributed by atoms with van der Waals surface area (Å²) >= 11 is 0. The molecule has 0 aliphatic carbocycles. The fraction of sp³-hybridized carbons (Fsp3) is 0. The summed E-state index contributed by atoms with van der Waals surface area (Å²) in [5, 5.41) is 32.7. The molecule has 9 heteroatoms. The summed E-state index contributed by atoms with van der Waals surface area (Å²) in [6, 6.07) is 10.6. The molecule has 0 bridgehead atoms. The number of nitro benzene ring substituents is 2. The Morgan fingerprint density at radius 1 is 1.08 bits per heavy atom.